The fourth-order valence-electron chi connectivity index (χ4n) is 0.868. The maximum atomic E-state index is 10.9. The van der Waals surface area contributed by atoms with Crippen molar-refractivity contribution in [3.63, 3.8) is 0 Å². The summed E-state index contributed by atoms with van der Waals surface area (Å²) in [5.74, 6) is -0.855. The zero-order valence-electron chi connectivity index (χ0n) is 8.66. The molecule has 4 nitrogen and oxygen atoms in total. The van der Waals surface area contributed by atoms with E-state index in [4.69, 9.17) is 14.0 Å². The number of carboxylic acids is 1. The number of carbonyl (C=O) groups is 1. The van der Waals surface area contributed by atoms with Crippen LogP contribution in [0.1, 0.15) is 27.7 Å². The van der Waals surface area contributed by atoms with E-state index in [1.54, 1.807) is 13.8 Å². The molecule has 0 aromatic rings. The van der Waals surface area contributed by atoms with Crippen LogP contribution in [0.2, 0.25) is 5.04 Å². The monoisotopic (exact) mass is 206 g/mol. The average Bonchev–Trinajstić information content (AvgIpc) is 2.03. The predicted octanol–water partition coefficient (Wildman–Crippen LogP) is 1.14. The molecule has 0 aliphatic carbocycles. The highest BCUT2D eigenvalue weighted by atomic mass is 28.3. The van der Waals surface area contributed by atoms with Crippen molar-refractivity contribution in [1.82, 2.24) is 0 Å². The Morgan fingerprint density at radius 3 is 1.92 bits per heavy atom. The van der Waals surface area contributed by atoms with Crippen LogP contribution in [-0.4, -0.2) is 33.6 Å². The first-order chi connectivity index (χ1) is 5.96. The van der Waals surface area contributed by atoms with Gasteiger partial charge in [-0.05, 0) is 27.7 Å². The number of hydrogen-bond acceptors (Lipinski definition) is 3. The molecule has 0 amide bonds. The highest BCUT2D eigenvalue weighted by molar-refractivity contribution is 6.53. The van der Waals surface area contributed by atoms with Crippen LogP contribution in [0.15, 0.2) is 0 Å². The maximum absolute atomic E-state index is 10.9. The lowest BCUT2D eigenvalue weighted by Gasteiger charge is -2.27. The molecule has 0 saturated carbocycles. The van der Waals surface area contributed by atoms with Crippen LogP contribution in [0.4, 0.5) is 0 Å². The average molecular weight is 206 g/mol. The fraction of sp³-hybridized carbons (Fsp3) is 0.875. The van der Waals surface area contributed by atoms with Gasteiger partial charge in [0.15, 0.2) is 0 Å². The van der Waals surface area contributed by atoms with Gasteiger partial charge in [-0.1, -0.05) is 0 Å². The summed E-state index contributed by atoms with van der Waals surface area (Å²) in [6.45, 7) is 8.00. The first-order valence-corrected chi connectivity index (χ1v) is 5.95. The van der Waals surface area contributed by atoms with Gasteiger partial charge in [-0.3, -0.25) is 4.79 Å². The fourth-order valence-corrected chi connectivity index (χ4v) is 2.61. The predicted molar refractivity (Wildman–Crippen MR) is 52.1 cm³/mol. The lowest BCUT2D eigenvalue weighted by Crippen LogP contribution is -2.40. The van der Waals surface area contributed by atoms with Gasteiger partial charge in [0.05, 0.1) is 0 Å². The van der Waals surface area contributed by atoms with Crippen molar-refractivity contribution in [3.8, 4) is 0 Å². The van der Waals surface area contributed by atoms with E-state index in [1.807, 2.05) is 13.8 Å². The normalized spacial score (nSPS) is 12.1. The maximum Gasteiger partial charge on any atom is 0.338 e. The highest BCUT2D eigenvalue weighted by Gasteiger charge is 2.41. The molecule has 0 heterocycles. The molecule has 0 aliphatic heterocycles. The van der Waals surface area contributed by atoms with Gasteiger partial charge in [0.2, 0.25) is 0 Å². The lowest BCUT2D eigenvalue weighted by molar-refractivity contribution is -0.140. The molecule has 0 bridgehead atoms. The summed E-state index contributed by atoms with van der Waals surface area (Å²) >= 11 is 0. The molecule has 5 heteroatoms. The quantitative estimate of drug-likeness (QED) is 0.662. The Kier molecular flexibility index (Phi) is 5.20. The highest BCUT2D eigenvalue weighted by Crippen LogP contribution is 2.29. The van der Waals surface area contributed by atoms with Crippen LogP contribution in [0, 0.1) is 0 Å². The summed E-state index contributed by atoms with van der Waals surface area (Å²) in [7, 11) is -2.10. The lowest BCUT2D eigenvalue weighted by atomic mass is 10.2. The molecule has 1 N–H and O–H groups in total. The third kappa shape index (κ3) is 3.46. The molecule has 0 aromatic carbocycles. The van der Waals surface area contributed by atoms with Crippen LogP contribution in [-0.2, 0) is 13.6 Å². The van der Waals surface area contributed by atoms with E-state index in [-0.39, 0.29) is 0 Å². The largest absolute Gasteiger partial charge is 0.481 e. The minimum absolute atomic E-state index is 0.508. The molecule has 13 heavy (non-hydrogen) atoms. The summed E-state index contributed by atoms with van der Waals surface area (Å²) in [5.41, 5.74) is 0. The van der Waals surface area contributed by atoms with Crippen LogP contribution in [0.3, 0.4) is 0 Å². The third-order valence-electron chi connectivity index (χ3n) is 1.78. The van der Waals surface area contributed by atoms with Gasteiger partial charge in [0.1, 0.15) is 5.04 Å². The Balaban J connectivity index is 4.41. The molecule has 0 aromatic heterocycles. The van der Waals surface area contributed by atoms with Gasteiger partial charge in [-0.15, -0.1) is 0 Å². The van der Waals surface area contributed by atoms with E-state index in [2.05, 4.69) is 0 Å². The molecular formula is C8H18O4Si. The molecule has 0 unspecified atom stereocenters. The topological polar surface area (TPSA) is 55.8 Å². The summed E-state index contributed by atoms with van der Waals surface area (Å²) in [6.07, 6.45) is 0. The molecule has 0 rings (SSSR count). The standard InChI is InChI=1S/C8H18O4Si/c1-5-11-13(12-6-2)8(3,4)7(9)10/h13H,5-6H2,1-4H3,(H,9,10). The van der Waals surface area contributed by atoms with Crippen molar-refractivity contribution < 1.29 is 18.8 Å². The van der Waals surface area contributed by atoms with Crippen molar-refractivity contribution >= 4 is 15.3 Å². The molecule has 0 fully saturated rings. The Labute approximate surface area is 80.7 Å². The number of rotatable bonds is 6. The Morgan fingerprint density at radius 2 is 1.69 bits per heavy atom. The van der Waals surface area contributed by atoms with Crippen LogP contribution >= 0.6 is 0 Å². The number of hydrogen-bond donors (Lipinski definition) is 1. The molecule has 0 radical (unpaired) electrons. The minimum Gasteiger partial charge on any atom is -0.481 e. The van der Waals surface area contributed by atoms with Crippen LogP contribution in [0.5, 0.6) is 0 Å². The second-order valence-electron chi connectivity index (χ2n) is 3.27. The van der Waals surface area contributed by atoms with E-state index in [9.17, 15) is 4.79 Å². The molecule has 0 atom stereocenters. The van der Waals surface area contributed by atoms with Crippen molar-refractivity contribution in [2.45, 2.75) is 32.7 Å². The second kappa shape index (κ2) is 5.36. The SMILES string of the molecule is CCO[SiH](OCC)C(C)(C)C(=O)O. The van der Waals surface area contributed by atoms with E-state index in [0.29, 0.717) is 13.2 Å². The van der Waals surface area contributed by atoms with Crippen LogP contribution < -0.4 is 0 Å². The molecular weight excluding hydrogens is 188 g/mol. The van der Waals surface area contributed by atoms with E-state index < -0.39 is 20.3 Å². The van der Waals surface area contributed by atoms with Gasteiger partial charge >= 0.3 is 15.3 Å². The third-order valence-corrected chi connectivity index (χ3v) is 4.47. The van der Waals surface area contributed by atoms with Gasteiger partial charge in [0, 0.05) is 13.2 Å². The first kappa shape index (κ1) is 12.6. The van der Waals surface area contributed by atoms with Crippen molar-refractivity contribution in [3.05, 3.63) is 0 Å². The van der Waals surface area contributed by atoms with Gasteiger partial charge in [0.25, 0.3) is 0 Å². The molecule has 0 aliphatic rings. The van der Waals surface area contributed by atoms with Gasteiger partial charge in [-0.2, -0.15) is 0 Å². The first-order valence-electron chi connectivity index (χ1n) is 4.43. The summed E-state index contributed by atoms with van der Waals surface area (Å²) in [6, 6.07) is 0. The van der Waals surface area contributed by atoms with Gasteiger partial charge < -0.3 is 14.0 Å². The number of carboxylic acid groups (broad SMARTS) is 1. The van der Waals surface area contributed by atoms with Crippen molar-refractivity contribution in [1.29, 1.82) is 0 Å². The minimum atomic E-state index is -2.10. The van der Waals surface area contributed by atoms with E-state index in [1.165, 1.54) is 0 Å². The summed E-state index contributed by atoms with van der Waals surface area (Å²) < 4.78 is 10.7. The zero-order valence-corrected chi connectivity index (χ0v) is 9.82. The number of aliphatic carboxylic acids is 1. The summed E-state index contributed by atoms with van der Waals surface area (Å²) in [5, 5.41) is 8.07. The second-order valence-corrected chi connectivity index (χ2v) is 6.04. The smallest absolute Gasteiger partial charge is 0.338 e. The van der Waals surface area contributed by atoms with Gasteiger partial charge in [-0.25, -0.2) is 0 Å². The van der Waals surface area contributed by atoms with E-state index >= 15 is 0 Å². The zero-order chi connectivity index (χ0) is 10.5. The Hall–Kier alpha value is -0.393. The van der Waals surface area contributed by atoms with Crippen molar-refractivity contribution in [2.24, 2.45) is 0 Å². The molecule has 0 spiro atoms. The molecule has 0 saturated heterocycles. The van der Waals surface area contributed by atoms with Crippen molar-refractivity contribution in [2.75, 3.05) is 13.2 Å². The van der Waals surface area contributed by atoms with E-state index in [0.717, 1.165) is 0 Å². The summed E-state index contributed by atoms with van der Waals surface area (Å²) in [4.78, 5) is 10.9. The molecule has 78 valence electrons. The van der Waals surface area contributed by atoms with Crippen LogP contribution in [0.25, 0.3) is 0 Å². The Bertz CT molecular complexity index is 164. The Morgan fingerprint density at radius 1 is 1.31 bits per heavy atom.